The van der Waals surface area contributed by atoms with Crippen molar-refractivity contribution in [1.29, 1.82) is 0 Å². The van der Waals surface area contributed by atoms with Gasteiger partial charge in [-0.15, -0.1) is 0 Å². The van der Waals surface area contributed by atoms with Gasteiger partial charge in [-0.05, 0) is 79.8 Å². The number of fused-ring (bicyclic) bond motifs is 1. The van der Waals surface area contributed by atoms with Crippen LogP contribution in [0.4, 0.5) is 10.2 Å². The summed E-state index contributed by atoms with van der Waals surface area (Å²) in [6, 6.07) is 16.7. The number of halogens is 1. The molecule has 1 saturated heterocycles. The fourth-order valence-electron chi connectivity index (χ4n) is 5.05. The van der Waals surface area contributed by atoms with E-state index in [1.165, 1.54) is 18.1 Å². The number of rotatable bonds is 7. The van der Waals surface area contributed by atoms with Crippen molar-refractivity contribution in [3.8, 4) is 22.8 Å². The first-order valence-corrected chi connectivity index (χ1v) is 12.8. The molecule has 0 aliphatic carbocycles. The number of aryl methyl sites for hydroxylation is 3. The highest BCUT2D eigenvalue weighted by atomic mass is 19.1. The molecule has 0 radical (unpaired) electrons. The van der Waals surface area contributed by atoms with Crippen LogP contribution in [0, 0.1) is 5.82 Å². The summed E-state index contributed by atoms with van der Waals surface area (Å²) >= 11 is 0. The molecule has 8 nitrogen and oxygen atoms in total. The molecule has 3 aromatic heterocycles. The highest BCUT2D eigenvalue weighted by molar-refractivity contribution is 5.98. The minimum Gasteiger partial charge on any atom is -0.457 e. The van der Waals surface area contributed by atoms with Crippen LogP contribution in [0.25, 0.3) is 22.3 Å². The Morgan fingerprint density at radius 2 is 1.84 bits per heavy atom. The Labute approximate surface area is 219 Å². The summed E-state index contributed by atoms with van der Waals surface area (Å²) in [5, 5.41) is 5.65. The van der Waals surface area contributed by atoms with Crippen LogP contribution in [0.1, 0.15) is 30.1 Å². The van der Waals surface area contributed by atoms with E-state index in [2.05, 4.69) is 20.6 Å². The minimum absolute atomic E-state index is 0.195. The Hall–Kier alpha value is -4.24. The lowest BCUT2D eigenvalue weighted by Gasteiger charge is -2.22. The zero-order valence-electron chi connectivity index (χ0n) is 21.2. The van der Waals surface area contributed by atoms with E-state index < -0.39 is 0 Å². The van der Waals surface area contributed by atoms with Gasteiger partial charge in [0.15, 0.2) is 5.65 Å². The molecule has 4 heterocycles. The standard InChI is InChI=1S/C29H29FN6O2/c1-35-12-2-3-22(35)7-4-19-15-21(30)17-25(16-19)38-24-8-5-20(6-9-24)27-26-28(31)32-18-33-29(26)36(34-27)23-10-13-37-14-11-23/h2-3,5-6,8-9,12,15-18,23H,4,7,10-11,13-14H2,1H3,(H2,31,32,33). The molecule has 194 valence electrons. The van der Waals surface area contributed by atoms with E-state index >= 15 is 0 Å². The number of nitrogens with two attached hydrogens (primary N) is 1. The molecule has 5 aromatic rings. The van der Waals surface area contributed by atoms with Gasteiger partial charge >= 0.3 is 0 Å². The number of anilines is 1. The molecule has 0 saturated carbocycles. The first-order valence-electron chi connectivity index (χ1n) is 12.8. The fraction of sp³-hybridized carbons (Fsp3) is 0.276. The smallest absolute Gasteiger partial charge is 0.164 e. The van der Waals surface area contributed by atoms with Gasteiger partial charge < -0.3 is 19.8 Å². The number of nitrogens with zero attached hydrogens (tertiary/aromatic N) is 5. The molecule has 9 heteroatoms. The second-order valence-corrected chi connectivity index (χ2v) is 9.63. The SMILES string of the molecule is Cn1cccc1CCc1cc(F)cc(Oc2ccc(-c3nn(C4CCOCC4)c4ncnc(N)c34)cc2)c1. The maximum Gasteiger partial charge on any atom is 0.164 e. The lowest BCUT2D eigenvalue weighted by molar-refractivity contribution is 0.0674. The minimum atomic E-state index is -0.318. The lowest BCUT2D eigenvalue weighted by Crippen LogP contribution is -2.20. The zero-order valence-corrected chi connectivity index (χ0v) is 21.2. The van der Waals surface area contributed by atoms with Crippen molar-refractivity contribution in [3.05, 3.63) is 84.2 Å². The van der Waals surface area contributed by atoms with Crippen LogP contribution in [0.2, 0.25) is 0 Å². The highest BCUT2D eigenvalue weighted by Crippen LogP contribution is 2.35. The summed E-state index contributed by atoms with van der Waals surface area (Å²) in [5.74, 6) is 1.14. The van der Waals surface area contributed by atoms with Gasteiger partial charge in [0.05, 0.1) is 11.4 Å². The molecule has 0 amide bonds. The first-order chi connectivity index (χ1) is 18.5. The largest absolute Gasteiger partial charge is 0.457 e. The Balaban J connectivity index is 1.24. The molecule has 0 unspecified atom stereocenters. The molecular formula is C29H29FN6O2. The summed E-state index contributed by atoms with van der Waals surface area (Å²) in [6.07, 6.45) is 6.77. The Bertz CT molecular complexity index is 1570. The average Bonchev–Trinajstić information content (AvgIpc) is 3.52. The molecular weight excluding hydrogens is 483 g/mol. The van der Waals surface area contributed by atoms with Crippen molar-refractivity contribution in [1.82, 2.24) is 24.3 Å². The normalized spacial score (nSPS) is 14.3. The highest BCUT2D eigenvalue weighted by Gasteiger charge is 2.24. The third-order valence-electron chi connectivity index (χ3n) is 7.07. The third kappa shape index (κ3) is 4.84. The molecule has 1 aliphatic rings. The molecule has 0 spiro atoms. The van der Waals surface area contributed by atoms with E-state index in [4.69, 9.17) is 20.3 Å². The van der Waals surface area contributed by atoms with Crippen LogP contribution < -0.4 is 10.5 Å². The average molecular weight is 513 g/mol. The Kier molecular flexibility index (Phi) is 6.51. The molecule has 2 N–H and O–H groups in total. The third-order valence-corrected chi connectivity index (χ3v) is 7.07. The van der Waals surface area contributed by atoms with Gasteiger partial charge in [-0.2, -0.15) is 5.10 Å². The summed E-state index contributed by atoms with van der Waals surface area (Å²) in [5.41, 5.74) is 10.7. The fourth-order valence-corrected chi connectivity index (χ4v) is 5.05. The molecule has 0 bridgehead atoms. The van der Waals surface area contributed by atoms with E-state index in [1.54, 1.807) is 6.07 Å². The van der Waals surface area contributed by atoms with Crippen LogP contribution in [0.3, 0.4) is 0 Å². The van der Waals surface area contributed by atoms with Gasteiger partial charge in [0.2, 0.25) is 0 Å². The van der Waals surface area contributed by atoms with Crippen molar-refractivity contribution in [3.63, 3.8) is 0 Å². The summed E-state index contributed by atoms with van der Waals surface area (Å²) in [4.78, 5) is 8.70. The van der Waals surface area contributed by atoms with E-state index in [1.807, 2.05) is 54.3 Å². The topological polar surface area (TPSA) is 93.0 Å². The summed E-state index contributed by atoms with van der Waals surface area (Å²) < 4.78 is 30.0. The van der Waals surface area contributed by atoms with Crippen molar-refractivity contribution in [2.45, 2.75) is 31.7 Å². The summed E-state index contributed by atoms with van der Waals surface area (Å²) in [7, 11) is 2.01. The van der Waals surface area contributed by atoms with Gasteiger partial charge in [-0.1, -0.05) is 0 Å². The number of aromatic nitrogens is 5. The maximum atomic E-state index is 14.4. The zero-order chi connectivity index (χ0) is 26.1. The number of benzene rings is 2. The van der Waals surface area contributed by atoms with E-state index in [0.717, 1.165) is 53.5 Å². The van der Waals surface area contributed by atoms with Crippen LogP contribution in [-0.4, -0.2) is 37.5 Å². The van der Waals surface area contributed by atoms with Crippen LogP contribution in [-0.2, 0) is 24.6 Å². The molecule has 1 fully saturated rings. The predicted molar refractivity (Wildman–Crippen MR) is 144 cm³/mol. The Morgan fingerprint density at radius 1 is 1.03 bits per heavy atom. The van der Waals surface area contributed by atoms with Gasteiger partial charge in [-0.3, -0.25) is 0 Å². The van der Waals surface area contributed by atoms with Crippen molar-refractivity contribution >= 4 is 16.9 Å². The van der Waals surface area contributed by atoms with Crippen LogP contribution in [0.5, 0.6) is 11.5 Å². The number of hydrogen-bond acceptors (Lipinski definition) is 6. The van der Waals surface area contributed by atoms with E-state index in [9.17, 15) is 4.39 Å². The maximum absolute atomic E-state index is 14.4. The van der Waals surface area contributed by atoms with Crippen molar-refractivity contribution in [2.75, 3.05) is 18.9 Å². The quantitative estimate of drug-likeness (QED) is 0.310. The predicted octanol–water partition coefficient (Wildman–Crippen LogP) is 5.48. The molecule has 2 aromatic carbocycles. The van der Waals surface area contributed by atoms with Gasteiger partial charge in [-0.25, -0.2) is 19.0 Å². The van der Waals surface area contributed by atoms with Crippen LogP contribution >= 0.6 is 0 Å². The van der Waals surface area contributed by atoms with E-state index in [-0.39, 0.29) is 11.9 Å². The van der Waals surface area contributed by atoms with Crippen molar-refractivity contribution < 1.29 is 13.9 Å². The van der Waals surface area contributed by atoms with Gasteiger partial charge in [0, 0.05) is 43.8 Å². The molecule has 0 atom stereocenters. The monoisotopic (exact) mass is 512 g/mol. The number of nitrogen functional groups attached to an aromatic ring is 1. The van der Waals surface area contributed by atoms with Crippen LogP contribution in [0.15, 0.2) is 67.1 Å². The molecule has 6 rings (SSSR count). The second kappa shape index (κ2) is 10.3. The lowest BCUT2D eigenvalue weighted by atomic mass is 10.1. The number of ether oxygens (including phenoxy) is 2. The van der Waals surface area contributed by atoms with E-state index in [0.29, 0.717) is 30.5 Å². The molecule has 1 aliphatic heterocycles. The molecule has 38 heavy (non-hydrogen) atoms. The first kappa shape index (κ1) is 24.1. The summed E-state index contributed by atoms with van der Waals surface area (Å²) in [6.45, 7) is 1.39. The second-order valence-electron chi connectivity index (χ2n) is 9.63. The van der Waals surface area contributed by atoms with Gasteiger partial charge in [0.1, 0.15) is 35.2 Å². The van der Waals surface area contributed by atoms with Crippen molar-refractivity contribution in [2.24, 2.45) is 7.05 Å². The Morgan fingerprint density at radius 3 is 2.61 bits per heavy atom. The van der Waals surface area contributed by atoms with Gasteiger partial charge in [0.25, 0.3) is 0 Å². The number of hydrogen-bond donors (Lipinski definition) is 1.